The normalized spacial score (nSPS) is 15.6. The number of ether oxygens (including phenoxy) is 1. The first kappa shape index (κ1) is 17.3. The van der Waals surface area contributed by atoms with Crippen LogP contribution >= 0.6 is 0 Å². The molecular formula is C18H26N2O3. The van der Waals surface area contributed by atoms with Crippen molar-refractivity contribution < 1.29 is 14.3 Å². The quantitative estimate of drug-likeness (QED) is 0.907. The number of rotatable bonds is 5. The maximum atomic E-state index is 12.5. The van der Waals surface area contributed by atoms with Crippen LogP contribution in [0.5, 0.6) is 5.75 Å². The van der Waals surface area contributed by atoms with E-state index in [1.54, 1.807) is 12.1 Å². The van der Waals surface area contributed by atoms with E-state index in [4.69, 9.17) is 4.74 Å². The first-order valence-corrected chi connectivity index (χ1v) is 8.33. The van der Waals surface area contributed by atoms with E-state index in [0.29, 0.717) is 25.3 Å². The van der Waals surface area contributed by atoms with E-state index in [2.05, 4.69) is 5.32 Å². The van der Waals surface area contributed by atoms with Crippen molar-refractivity contribution in [3.05, 3.63) is 29.8 Å². The van der Waals surface area contributed by atoms with Gasteiger partial charge in [0, 0.05) is 30.6 Å². The zero-order chi connectivity index (χ0) is 16.8. The molecule has 2 rings (SSSR count). The highest BCUT2D eigenvalue weighted by Gasteiger charge is 2.25. The Bertz CT molecular complexity index is 532. The van der Waals surface area contributed by atoms with Gasteiger partial charge in [-0.25, -0.2) is 0 Å². The molecule has 0 radical (unpaired) electrons. The van der Waals surface area contributed by atoms with Gasteiger partial charge in [0.15, 0.2) is 0 Å². The van der Waals surface area contributed by atoms with Crippen LogP contribution in [-0.2, 0) is 4.79 Å². The van der Waals surface area contributed by atoms with E-state index in [-0.39, 0.29) is 23.8 Å². The molecule has 5 heteroatoms. The second-order valence-electron chi connectivity index (χ2n) is 6.19. The maximum Gasteiger partial charge on any atom is 0.253 e. The molecule has 1 aromatic carbocycles. The number of amides is 2. The molecule has 1 aromatic rings. The van der Waals surface area contributed by atoms with Crippen molar-refractivity contribution in [1.82, 2.24) is 10.2 Å². The lowest BCUT2D eigenvalue weighted by atomic mass is 10.0. The van der Waals surface area contributed by atoms with Crippen LogP contribution in [0.4, 0.5) is 0 Å². The first-order valence-electron chi connectivity index (χ1n) is 8.33. The highest BCUT2D eigenvalue weighted by Crippen LogP contribution is 2.17. The van der Waals surface area contributed by atoms with E-state index in [1.165, 1.54) is 0 Å². The lowest BCUT2D eigenvalue weighted by Gasteiger charge is -2.32. The van der Waals surface area contributed by atoms with Crippen LogP contribution in [0.25, 0.3) is 0 Å². The Kier molecular flexibility index (Phi) is 6.02. The molecule has 1 heterocycles. The number of benzene rings is 1. The largest absolute Gasteiger partial charge is 0.494 e. The third-order valence-electron chi connectivity index (χ3n) is 4.07. The molecule has 0 aromatic heterocycles. The lowest BCUT2D eigenvalue weighted by Crippen LogP contribution is -2.47. The molecule has 1 aliphatic heterocycles. The van der Waals surface area contributed by atoms with E-state index in [1.807, 2.05) is 37.8 Å². The van der Waals surface area contributed by atoms with Gasteiger partial charge in [-0.05, 0) is 44.0 Å². The van der Waals surface area contributed by atoms with Gasteiger partial charge in [0.25, 0.3) is 5.91 Å². The molecule has 0 saturated carbocycles. The monoisotopic (exact) mass is 318 g/mol. The summed E-state index contributed by atoms with van der Waals surface area (Å²) in [4.78, 5) is 26.1. The number of carbonyl (C=O) groups excluding carboxylic acids is 2. The highest BCUT2D eigenvalue weighted by atomic mass is 16.5. The topological polar surface area (TPSA) is 58.6 Å². The van der Waals surface area contributed by atoms with Crippen LogP contribution in [0.1, 0.15) is 44.0 Å². The summed E-state index contributed by atoms with van der Waals surface area (Å²) in [5.41, 5.74) is 0.679. The van der Waals surface area contributed by atoms with Gasteiger partial charge in [0.05, 0.1) is 6.61 Å². The SMILES string of the molecule is CCOc1ccc(C(=O)N2CCC(NC(=O)C(C)C)CC2)cc1. The minimum atomic E-state index is -0.00137. The van der Waals surface area contributed by atoms with Crippen LogP contribution in [0, 0.1) is 5.92 Å². The molecule has 0 unspecified atom stereocenters. The van der Waals surface area contributed by atoms with Crippen LogP contribution in [0.15, 0.2) is 24.3 Å². The van der Waals surface area contributed by atoms with Gasteiger partial charge in [-0.2, -0.15) is 0 Å². The third kappa shape index (κ3) is 4.71. The van der Waals surface area contributed by atoms with Crippen molar-refractivity contribution in [3.8, 4) is 5.75 Å². The second-order valence-corrected chi connectivity index (χ2v) is 6.19. The number of hydrogen-bond donors (Lipinski definition) is 1. The molecule has 0 aliphatic carbocycles. The van der Waals surface area contributed by atoms with Crippen LogP contribution in [-0.4, -0.2) is 42.5 Å². The van der Waals surface area contributed by atoms with Crippen molar-refractivity contribution in [3.63, 3.8) is 0 Å². The summed E-state index contributed by atoms with van der Waals surface area (Å²) in [7, 11) is 0. The molecule has 23 heavy (non-hydrogen) atoms. The Morgan fingerprint density at radius 1 is 1.22 bits per heavy atom. The first-order chi connectivity index (χ1) is 11.0. The number of piperidine rings is 1. The molecule has 2 amide bonds. The summed E-state index contributed by atoms with van der Waals surface area (Å²) < 4.78 is 5.39. The Hall–Kier alpha value is -2.04. The van der Waals surface area contributed by atoms with Gasteiger partial charge < -0.3 is 15.0 Å². The maximum absolute atomic E-state index is 12.5. The zero-order valence-electron chi connectivity index (χ0n) is 14.2. The summed E-state index contributed by atoms with van der Waals surface area (Å²) in [5, 5.41) is 3.05. The van der Waals surface area contributed by atoms with Crippen molar-refractivity contribution in [2.45, 2.75) is 39.7 Å². The standard InChI is InChI=1S/C18H26N2O3/c1-4-23-16-7-5-14(6-8-16)18(22)20-11-9-15(10-12-20)19-17(21)13(2)3/h5-8,13,15H,4,9-12H2,1-3H3,(H,19,21). The molecular weight excluding hydrogens is 292 g/mol. The average molecular weight is 318 g/mol. The van der Waals surface area contributed by atoms with Gasteiger partial charge in [0.1, 0.15) is 5.75 Å². The molecule has 126 valence electrons. The van der Waals surface area contributed by atoms with Crippen LogP contribution in [0.2, 0.25) is 0 Å². The number of nitrogens with one attached hydrogen (secondary N) is 1. The summed E-state index contributed by atoms with van der Waals surface area (Å²) in [6.45, 7) is 7.67. The minimum absolute atomic E-state index is 0.00137. The Morgan fingerprint density at radius 3 is 2.35 bits per heavy atom. The Morgan fingerprint density at radius 2 is 1.83 bits per heavy atom. The van der Waals surface area contributed by atoms with Crippen LogP contribution < -0.4 is 10.1 Å². The summed E-state index contributed by atoms with van der Waals surface area (Å²) in [6.07, 6.45) is 1.61. The molecule has 1 fully saturated rings. The molecule has 1 saturated heterocycles. The molecule has 0 spiro atoms. The van der Waals surface area contributed by atoms with Gasteiger partial charge in [0.2, 0.25) is 5.91 Å². The fourth-order valence-corrected chi connectivity index (χ4v) is 2.64. The summed E-state index contributed by atoms with van der Waals surface area (Å²) in [5.74, 6) is 0.903. The fourth-order valence-electron chi connectivity index (χ4n) is 2.64. The van der Waals surface area contributed by atoms with Gasteiger partial charge in [-0.1, -0.05) is 13.8 Å². The number of likely N-dealkylation sites (tertiary alicyclic amines) is 1. The van der Waals surface area contributed by atoms with Crippen molar-refractivity contribution in [1.29, 1.82) is 0 Å². The lowest BCUT2D eigenvalue weighted by molar-refractivity contribution is -0.124. The Labute approximate surface area is 138 Å². The third-order valence-corrected chi connectivity index (χ3v) is 4.07. The Balaban J connectivity index is 1.87. The molecule has 0 bridgehead atoms. The van der Waals surface area contributed by atoms with Gasteiger partial charge >= 0.3 is 0 Å². The summed E-state index contributed by atoms with van der Waals surface area (Å²) >= 11 is 0. The number of carbonyl (C=O) groups is 2. The fraction of sp³-hybridized carbons (Fsp3) is 0.556. The molecule has 1 N–H and O–H groups in total. The predicted molar refractivity (Wildman–Crippen MR) is 89.5 cm³/mol. The summed E-state index contributed by atoms with van der Waals surface area (Å²) in [6, 6.07) is 7.44. The van der Waals surface area contributed by atoms with Crippen molar-refractivity contribution >= 4 is 11.8 Å². The van der Waals surface area contributed by atoms with E-state index in [9.17, 15) is 9.59 Å². The van der Waals surface area contributed by atoms with E-state index in [0.717, 1.165) is 18.6 Å². The smallest absolute Gasteiger partial charge is 0.253 e. The predicted octanol–water partition coefficient (Wildman–Crippen LogP) is 2.46. The average Bonchev–Trinajstić information content (AvgIpc) is 2.56. The van der Waals surface area contributed by atoms with Crippen molar-refractivity contribution in [2.75, 3.05) is 19.7 Å². The molecule has 0 atom stereocenters. The highest BCUT2D eigenvalue weighted by molar-refractivity contribution is 5.94. The van der Waals surface area contributed by atoms with E-state index < -0.39 is 0 Å². The van der Waals surface area contributed by atoms with Gasteiger partial charge in [-0.15, -0.1) is 0 Å². The zero-order valence-corrected chi connectivity index (χ0v) is 14.2. The second kappa shape index (κ2) is 7.99. The molecule has 1 aliphatic rings. The molecule has 5 nitrogen and oxygen atoms in total. The van der Waals surface area contributed by atoms with E-state index >= 15 is 0 Å². The number of hydrogen-bond acceptors (Lipinski definition) is 3. The van der Waals surface area contributed by atoms with Gasteiger partial charge in [-0.3, -0.25) is 9.59 Å². The minimum Gasteiger partial charge on any atom is -0.494 e. The van der Waals surface area contributed by atoms with Crippen molar-refractivity contribution in [2.24, 2.45) is 5.92 Å². The number of nitrogens with zero attached hydrogens (tertiary/aromatic N) is 1. The van der Waals surface area contributed by atoms with Crippen LogP contribution in [0.3, 0.4) is 0 Å².